The molecule has 0 spiro atoms. The molecule has 0 saturated heterocycles. The van der Waals surface area contributed by atoms with Crippen molar-refractivity contribution in [3.63, 3.8) is 0 Å². The van der Waals surface area contributed by atoms with Crippen LogP contribution >= 0.6 is 0 Å². The summed E-state index contributed by atoms with van der Waals surface area (Å²) in [6.07, 6.45) is 10.0. The third kappa shape index (κ3) is 2.96. The Morgan fingerprint density at radius 2 is 2.31 bits per heavy atom. The van der Waals surface area contributed by atoms with E-state index in [1.54, 1.807) is 6.08 Å². The fourth-order valence-corrected chi connectivity index (χ4v) is 1.64. The van der Waals surface area contributed by atoms with E-state index in [1.165, 1.54) is 5.69 Å². The van der Waals surface area contributed by atoms with E-state index in [0.29, 0.717) is 0 Å². The van der Waals surface area contributed by atoms with E-state index < -0.39 is 0 Å². The van der Waals surface area contributed by atoms with E-state index in [4.69, 9.17) is 0 Å². The Morgan fingerprint density at radius 1 is 1.56 bits per heavy atom. The van der Waals surface area contributed by atoms with E-state index >= 15 is 0 Å². The first-order valence-electron chi connectivity index (χ1n) is 5.71. The summed E-state index contributed by atoms with van der Waals surface area (Å²) < 4.78 is 1.96. The zero-order valence-corrected chi connectivity index (χ0v) is 10.4. The summed E-state index contributed by atoms with van der Waals surface area (Å²) in [6, 6.07) is 2.16. The maximum absolute atomic E-state index is 4.52. The Labute approximate surface area is 98.0 Å². The summed E-state index contributed by atoms with van der Waals surface area (Å²) in [7, 11) is 2.00. The van der Waals surface area contributed by atoms with Gasteiger partial charge >= 0.3 is 0 Å². The van der Waals surface area contributed by atoms with E-state index in [1.807, 2.05) is 30.8 Å². The highest BCUT2D eigenvalue weighted by Crippen LogP contribution is 2.16. The fraction of sp³-hybridized carbons (Fsp3) is 0.357. The Hall–Kier alpha value is -1.57. The van der Waals surface area contributed by atoms with Crippen molar-refractivity contribution in [3.05, 3.63) is 48.3 Å². The summed E-state index contributed by atoms with van der Waals surface area (Å²) in [5.74, 6) is 0. The van der Waals surface area contributed by atoms with Crippen LogP contribution in [-0.4, -0.2) is 9.78 Å². The second-order valence-corrected chi connectivity index (χ2v) is 3.73. The van der Waals surface area contributed by atoms with Crippen LogP contribution in [0.1, 0.15) is 31.7 Å². The monoisotopic (exact) mass is 216 g/mol. The molecule has 1 rings (SSSR count). The maximum Gasteiger partial charge on any atom is 0.0922 e. The predicted octanol–water partition coefficient (Wildman–Crippen LogP) is 3.52. The van der Waals surface area contributed by atoms with Crippen LogP contribution in [0.4, 0.5) is 0 Å². The van der Waals surface area contributed by atoms with Crippen molar-refractivity contribution in [1.82, 2.24) is 9.78 Å². The molecule has 0 aliphatic heterocycles. The molecule has 1 aromatic rings. The molecule has 0 fully saturated rings. The van der Waals surface area contributed by atoms with Crippen molar-refractivity contribution in [2.45, 2.75) is 26.7 Å². The summed E-state index contributed by atoms with van der Waals surface area (Å²) in [5.41, 5.74) is 3.45. The molecule has 0 N–H and O–H groups in total. The van der Waals surface area contributed by atoms with Crippen LogP contribution < -0.4 is 0 Å². The number of hydrogen-bond acceptors (Lipinski definition) is 1. The molecule has 0 aliphatic carbocycles. The van der Waals surface area contributed by atoms with Crippen LogP contribution in [0.25, 0.3) is 5.57 Å². The maximum atomic E-state index is 4.52. The van der Waals surface area contributed by atoms with Gasteiger partial charge in [0.1, 0.15) is 0 Å². The summed E-state index contributed by atoms with van der Waals surface area (Å²) in [5, 5.41) is 4.52. The van der Waals surface area contributed by atoms with Crippen molar-refractivity contribution >= 4 is 5.57 Å². The highest BCUT2D eigenvalue weighted by molar-refractivity contribution is 5.71. The third-order valence-corrected chi connectivity index (χ3v) is 2.50. The lowest BCUT2D eigenvalue weighted by Crippen LogP contribution is -1.97. The lowest BCUT2D eigenvalue weighted by molar-refractivity contribution is 0.696. The van der Waals surface area contributed by atoms with Gasteiger partial charge in [0, 0.05) is 12.7 Å². The molecular weight excluding hydrogens is 196 g/mol. The minimum Gasteiger partial charge on any atom is -0.272 e. The van der Waals surface area contributed by atoms with E-state index in [-0.39, 0.29) is 0 Å². The van der Waals surface area contributed by atoms with Gasteiger partial charge in [-0.1, -0.05) is 44.2 Å². The Bertz CT molecular complexity index is 408. The lowest BCUT2D eigenvalue weighted by Gasteiger charge is -1.96. The van der Waals surface area contributed by atoms with Crippen molar-refractivity contribution in [1.29, 1.82) is 0 Å². The molecule has 2 heteroatoms. The number of allylic oxidation sites excluding steroid dienone is 5. The van der Waals surface area contributed by atoms with Gasteiger partial charge in [0.05, 0.1) is 5.69 Å². The minimum atomic E-state index is 1.03. The van der Waals surface area contributed by atoms with Gasteiger partial charge in [-0.3, -0.25) is 4.68 Å². The van der Waals surface area contributed by atoms with Gasteiger partial charge in [-0.2, -0.15) is 5.10 Å². The number of hydrogen-bond donors (Lipinski definition) is 0. The van der Waals surface area contributed by atoms with Crippen molar-refractivity contribution in [3.8, 4) is 0 Å². The first-order valence-corrected chi connectivity index (χ1v) is 5.71. The van der Waals surface area contributed by atoms with Crippen LogP contribution in [0.15, 0.2) is 36.9 Å². The molecule has 0 aliphatic rings. The molecule has 2 nitrogen and oxygen atoms in total. The van der Waals surface area contributed by atoms with Crippen LogP contribution in [0.5, 0.6) is 0 Å². The number of rotatable bonds is 5. The van der Waals surface area contributed by atoms with Gasteiger partial charge in [-0.25, -0.2) is 0 Å². The van der Waals surface area contributed by atoms with Crippen LogP contribution in [-0.2, 0) is 13.5 Å². The third-order valence-electron chi connectivity index (χ3n) is 2.50. The highest BCUT2D eigenvalue weighted by atomic mass is 15.3. The van der Waals surface area contributed by atoms with E-state index in [2.05, 4.69) is 30.7 Å². The predicted molar refractivity (Wildman–Crippen MR) is 70.2 cm³/mol. The zero-order chi connectivity index (χ0) is 12.0. The summed E-state index contributed by atoms with van der Waals surface area (Å²) in [6.45, 7) is 7.88. The Morgan fingerprint density at radius 3 is 2.88 bits per heavy atom. The minimum absolute atomic E-state index is 1.03. The standard InChI is InChI=1S/C14H20N2/c1-5-8-10-12(7-3)14-11-13(9-6-2)16(4)15-14/h5,7-8,10-11H,1,6,9H2,2-4H3/b10-8-,12-7+. The highest BCUT2D eigenvalue weighted by Gasteiger charge is 2.05. The molecule has 0 atom stereocenters. The van der Waals surface area contributed by atoms with Gasteiger partial charge in [0.15, 0.2) is 0 Å². The van der Waals surface area contributed by atoms with Gasteiger partial charge in [0.2, 0.25) is 0 Å². The fourth-order valence-electron chi connectivity index (χ4n) is 1.64. The molecule has 0 unspecified atom stereocenters. The second-order valence-electron chi connectivity index (χ2n) is 3.73. The van der Waals surface area contributed by atoms with Crippen molar-refractivity contribution in [2.75, 3.05) is 0 Å². The molecule has 0 aromatic carbocycles. The van der Waals surface area contributed by atoms with Crippen LogP contribution in [0.3, 0.4) is 0 Å². The van der Waals surface area contributed by atoms with Crippen LogP contribution in [0, 0.1) is 0 Å². The molecule has 1 heterocycles. The lowest BCUT2D eigenvalue weighted by atomic mass is 10.1. The number of aromatic nitrogens is 2. The van der Waals surface area contributed by atoms with Gasteiger partial charge in [-0.05, 0) is 25.0 Å². The SMILES string of the molecule is C=C/C=C\C(=C/C)c1cc(CCC)n(C)n1. The molecule has 0 amide bonds. The van der Waals surface area contributed by atoms with Crippen molar-refractivity contribution < 1.29 is 0 Å². The molecular formula is C14H20N2. The molecule has 0 radical (unpaired) electrons. The second kappa shape index (κ2) is 6.11. The van der Waals surface area contributed by atoms with Crippen LogP contribution in [0.2, 0.25) is 0 Å². The largest absolute Gasteiger partial charge is 0.272 e. The smallest absolute Gasteiger partial charge is 0.0922 e. The Balaban J connectivity index is 2.98. The first kappa shape index (κ1) is 12.5. The summed E-state index contributed by atoms with van der Waals surface area (Å²) >= 11 is 0. The van der Waals surface area contributed by atoms with Gasteiger partial charge < -0.3 is 0 Å². The number of aryl methyl sites for hydroxylation is 2. The Kier molecular flexibility index (Phi) is 4.77. The van der Waals surface area contributed by atoms with Gasteiger partial charge in [-0.15, -0.1) is 0 Å². The normalized spacial score (nSPS) is 12.3. The quantitative estimate of drug-likeness (QED) is 0.689. The summed E-state index contributed by atoms with van der Waals surface area (Å²) in [4.78, 5) is 0. The van der Waals surface area contributed by atoms with Gasteiger partial charge in [0.25, 0.3) is 0 Å². The topological polar surface area (TPSA) is 17.8 Å². The molecule has 86 valence electrons. The van der Waals surface area contributed by atoms with E-state index in [9.17, 15) is 0 Å². The van der Waals surface area contributed by atoms with E-state index in [0.717, 1.165) is 24.1 Å². The molecule has 0 saturated carbocycles. The average molecular weight is 216 g/mol. The number of nitrogens with zero attached hydrogens (tertiary/aromatic N) is 2. The molecule has 1 aromatic heterocycles. The van der Waals surface area contributed by atoms with Crippen molar-refractivity contribution in [2.24, 2.45) is 7.05 Å². The molecule has 0 bridgehead atoms. The first-order chi connectivity index (χ1) is 7.72. The zero-order valence-electron chi connectivity index (χ0n) is 10.4. The average Bonchev–Trinajstić information content (AvgIpc) is 2.62. The molecule has 16 heavy (non-hydrogen) atoms.